The maximum absolute atomic E-state index is 14.0. The number of phenolic OH excluding ortho intramolecular Hbond substituents is 2. The molecule has 8 rings (SSSR count). The molecule has 71 heavy (non-hydrogen) atoms. The number of halogens is 4. The van der Waals surface area contributed by atoms with Crippen LogP contribution in [0, 0.1) is 0 Å². The van der Waals surface area contributed by atoms with Crippen molar-refractivity contribution in [1.29, 1.82) is 0 Å². The lowest BCUT2D eigenvalue weighted by Gasteiger charge is -2.37. The SMILES string of the molecule is CC(C)(C)N(CCCCc1ccccc1)C(=O)c1cc(Cl)c(Cl)cc1CN1CCc2cc(O)ccc2C1.O=C(NCCCCc1ccccc1)c1cc(Cl)c(Cl)cc1CN1CCc2cc(O)ccc2C1.S. The van der Waals surface area contributed by atoms with Gasteiger partial charge < -0.3 is 20.4 Å². The van der Waals surface area contributed by atoms with Crippen LogP contribution >= 0.6 is 59.9 Å². The molecule has 0 radical (unpaired) electrons. The Morgan fingerprint density at radius 2 is 1.03 bits per heavy atom. The fraction of sp³-hybridized carbons (Fsp3) is 0.345. The Morgan fingerprint density at radius 3 is 1.52 bits per heavy atom. The molecule has 3 N–H and O–H groups in total. The summed E-state index contributed by atoms with van der Waals surface area (Å²) in [5, 5.41) is 24.3. The highest BCUT2D eigenvalue weighted by Gasteiger charge is 2.30. The monoisotopic (exact) mass is 1050 g/mol. The molecule has 2 aliphatic rings. The molecule has 0 saturated heterocycles. The average Bonchev–Trinajstić information content (AvgIpc) is 3.34. The molecule has 13 heteroatoms. The van der Waals surface area contributed by atoms with Crippen LogP contribution < -0.4 is 5.32 Å². The third kappa shape index (κ3) is 15.9. The highest BCUT2D eigenvalue weighted by Crippen LogP contribution is 2.33. The normalized spacial score (nSPS) is 13.5. The molecule has 2 amide bonds. The van der Waals surface area contributed by atoms with Crippen molar-refractivity contribution in [2.24, 2.45) is 0 Å². The van der Waals surface area contributed by atoms with Crippen molar-refractivity contribution in [2.75, 3.05) is 26.2 Å². The van der Waals surface area contributed by atoms with Crippen molar-refractivity contribution in [1.82, 2.24) is 20.0 Å². The summed E-state index contributed by atoms with van der Waals surface area (Å²) >= 11 is 25.4. The first kappa shape index (κ1) is 55.6. The van der Waals surface area contributed by atoms with E-state index in [9.17, 15) is 19.8 Å². The Hall–Kier alpha value is -4.71. The average molecular weight is 1060 g/mol. The number of amides is 2. The summed E-state index contributed by atoms with van der Waals surface area (Å²) in [5.41, 5.74) is 10.00. The molecular formula is C58H66Cl4N4O4S. The van der Waals surface area contributed by atoms with Gasteiger partial charge in [0.1, 0.15) is 11.5 Å². The van der Waals surface area contributed by atoms with Crippen molar-refractivity contribution in [3.63, 3.8) is 0 Å². The van der Waals surface area contributed by atoms with Crippen LogP contribution in [-0.4, -0.2) is 68.4 Å². The zero-order chi connectivity index (χ0) is 49.8. The van der Waals surface area contributed by atoms with E-state index in [2.05, 4.69) is 72.3 Å². The van der Waals surface area contributed by atoms with Crippen LogP contribution in [0.25, 0.3) is 0 Å². The largest absolute Gasteiger partial charge is 0.508 e. The molecule has 0 bridgehead atoms. The predicted octanol–water partition coefficient (Wildman–Crippen LogP) is 13.6. The maximum atomic E-state index is 14.0. The second-order valence-electron chi connectivity index (χ2n) is 19.4. The molecular weight excluding hydrogens is 991 g/mol. The van der Waals surface area contributed by atoms with Gasteiger partial charge in [-0.2, -0.15) is 13.5 Å². The Kier molecular flexibility index (Phi) is 20.6. The molecule has 0 fully saturated rings. The number of hydrogen-bond donors (Lipinski definition) is 3. The summed E-state index contributed by atoms with van der Waals surface area (Å²) < 4.78 is 0. The third-order valence-electron chi connectivity index (χ3n) is 13.1. The van der Waals surface area contributed by atoms with Crippen LogP contribution in [0.4, 0.5) is 0 Å². The van der Waals surface area contributed by atoms with Gasteiger partial charge in [-0.15, -0.1) is 0 Å². The zero-order valence-corrected chi connectivity index (χ0v) is 44.9. The second kappa shape index (κ2) is 26.3. The van der Waals surface area contributed by atoms with Gasteiger partial charge in [0, 0.05) is 69.0 Å². The summed E-state index contributed by atoms with van der Waals surface area (Å²) in [6.45, 7) is 11.9. The van der Waals surface area contributed by atoms with Crippen molar-refractivity contribution in [3.05, 3.63) is 197 Å². The number of fused-ring (bicyclic) bond motifs is 2. The van der Waals surface area contributed by atoms with Crippen molar-refractivity contribution < 1.29 is 19.8 Å². The van der Waals surface area contributed by atoms with Gasteiger partial charge in [0.15, 0.2) is 0 Å². The molecule has 0 aromatic heterocycles. The van der Waals surface area contributed by atoms with Crippen molar-refractivity contribution >= 4 is 71.7 Å². The van der Waals surface area contributed by atoms with Crippen molar-refractivity contribution in [2.45, 2.75) is 104 Å². The molecule has 0 aliphatic carbocycles. The molecule has 6 aromatic rings. The van der Waals surface area contributed by atoms with Gasteiger partial charge in [0.25, 0.3) is 11.8 Å². The van der Waals surface area contributed by atoms with Crippen LogP contribution in [0.3, 0.4) is 0 Å². The highest BCUT2D eigenvalue weighted by molar-refractivity contribution is 7.59. The minimum Gasteiger partial charge on any atom is -0.508 e. The molecule has 0 atom stereocenters. The fourth-order valence-corrected chi connectivity index (χ4v) is 10.0. The number of rotatable bonds is 16. The number of hydrogen-bond acceptors (Lipinski definition) is 6. The van der Waals surface area contributed by atoms with Crippen LogP contribution in [0.1, 0.15) is 112 Å². The van der Waals surface area contributed by atoms with E-state index < -0.39 is 0 Å². The molecule has 6 aromatic carbocycles. The first-order chi connectivity index (χ1) is 33.6. The second-order valence-corrected chi connectivity index (χ2v) is 21.1. The van der Waals surface area contributed by atoms with Gasteiger partial charge in [0.05, 0.1) is 20.1 Å². The summed E-state index contributed by atoms with van der Waals surface area (Å²) in [7, 11) is 0. The van der Waals surface area contributed by atoms with E-state index in [-0.39, 0.29) is 30.8 Å². The van der Waals surface area contributed by atoms with Crippen LogP contribution in [0.2, 0.25) is 20.1 Å². The number of carbonyl (C=O) groups is 2. The first-order valence-electron chi connectivity index (χ1n) is 24.3. The Balaban J connectivity index is 0.000000231. The van der Waals surface area contributed by atoms with E-state index >= 15 is 0 Å². The molecule has 376 valence electrons. The van der Waals surface area contributed by atoms with E-state index in [1.165, 1.54) is 33.4 Å². The summed E-state index contributed by atoms with van der Waals surface area (Å²) in [5.74, 6) is 0.471. The van der Waals surface area contributed by atoms with E-state index in [4.69, 9.17) is 46.4 Å². The van der Waals surface area contributed by atoms with Gasteiger partial charge in [0.2, 0.25) is 0 Å². The Labute approximate surface area is 447 Å². The third-order valence-corrected chi connectivity index (χ3v) is 14.6. The van der Waals surface area contributed by atoms with E-state index in [1.807, 2.05) is 59.5 Å². The number of phenols is 2. The van der Waals surface area contributed by atoms with Gasteiger partial charge >= 0.3 is 0 Å². The van der Waals surface area contributed by atoms with E-state index in [1.54, 1.807) is 30.3 Å². The topological polar surface area (TPSA) is 96.3 Å². The molecule has 8 nitrogen and oxygen atoms in total. The number of nitrogens with one attached hydrogen (secondary N) is 1. The molecule has 0 saturated carbocycles. The van der Waals surface area contributed by atoms with E-state index in [0.717, 1.165) is 88.7 Å². The zero-order valence-electron chi connectivity index (χ0n) is 40.9. The minimum absolute atomic E-state index is 0. The van der Waals surface area contributed by atoms with Gasteiger partial charge in [-0.3, -0.25) is 19.4 Å². The number of nitrogens with zero attached hydrogens (tertiary/aromatic N) is 3. The lowest BCUT2D eigenvalue weighted by molar-refractivity contribution is 0.0575. The fourth-order valence-electron chi connectivity index (χ4n) is 9.32. The summed E-state index contributed by atoms with van der Waals surface area (Å²) in [4.78, 5) is 33.5. The van der Waals surface area contributed by atoms with Gasteiger partial charge in [-0.25, -0.2) is 0 Å². The Bertz CT molecular complexity index is 2740. The number of carbonyl (C=O) groups excluding carboxylic acids is 2. The van der Waals surface area contributed by atoms with Crippen LogP contribution in [-0.2, 0) is 51.9 Å². The molecule has 0 unspecified atom stereocenters. The van der Waals surface area contributed by atoms with Crippen LogP contribution in [0.5, 0.6) is 11.5 Å². The minimum atomic E-state index is -0.334. The van der Waals surface area contributed by atoms with Crippen LogP contribution in [0.15, 0.2) is 121 Å². The first-order valence-corrected chi connectivity index (χ1v) is 25.8. The summed E-state index contributed by atoms with van der Waals surface area (Å²) in [6, 6.07) is 39.0. The van der Waals surface area contributed by atoms with Gasteiger partial charge in [-0.05, 0) is 165 Å². The number of aryl methyl sites for hydroxylation is 2. The molecule has 2 aliphatic heterocycles. The lowest BCUT2D eigenvalue weighted by atomic mass is 9.97. The molecule has 0 spiro atoms. The predicted molar refractivity (Wildman–Crippen MR) is 297 cm³/mol. The lowest BCUT2D eigenvalue weighted by Crippen LogP contribution is -2.46. The quantitative estimate of drug-likeness (QED) is 0.0836. The Morgan fingerprint density at radius 1 is 0.577 bits per heavy atom. The van der Waals surface area contributed by atoms with Gasteiger partial charge in [-0.1, -0.05) is 119 Å². The highest BCUT2D eigenvalue weighted by atomic mass is 35.5. The maximum Gasteiger partial charge on any atom is 0.254 e. The van der Waals surface area contributed by atoms with E-state index in [0.29, 0.717) is 68.9 Å². The van der Waals surface area contributed by atoms with Crippen molar-refractivity contribution in [3.8, 4) is 11.5 Å². The number of unbranched alkanes of at least 4 members (excludes halogenated alkanes) is 2. The number of benzene rings is 6. The number of aromatic hydroxyl groups is 2. The summed E-state index contributed by atoms with van der Waals surface area (Å²) in [6.07, 6.45) is 7.57. The standard InChI is InChI=1S/C31H36Cl2N2O2.C27H28Cl2N2O2.H2S/c1-31(2,3)35(15-8-7-11-22-9-5-4-6-10-22)30(37)27-19-29(33)28(32)18-25(27)21-34-16-14-23-17-26(36)13-12-24(23)20-34;28-25-15-22(18-31-13-11-20-14-23(32)10-9-21(20)17-31)24(16-26(25)29)27(33)30-12-5-4-8-19-6-2-1-3-7-19;/h4-6,9-10,12-13,17-19,36H,7-8,11,14-16,20-21H2,1-3H3;1-3,6-7,9-10,14-16,32H,4-5,8,11-13,17-18H2,(H,30,33);1H2. The molecule has 2 heterocycles. The smallest absolute Gasteiger partial charge is 0.254 e.